The highest BCUT2D eigenvalue weighted by atomic mass is 19.1. The van der Waals surface area contributed by atoms with Crippen molar-refractivity contribution in [3.05, 3.63) is 72.1 Å². The standard InChI is InChI=1S/C28H33FN2O4/c29-25-10-3-2-9-23(25)21-7-6-8-22(19-21)24(20-31-17-15-30-16-18-31)28(13-4-1-5-14-28)35-27(34)12-11-26(32)33/h2-3,6-12,19,24,30H,1,4-5,13-18,20H2,(H,32,33). The zero-order valence-electron chi connectivity index (χ0n) is 19.9. The van der Waals surface area contributed by atoms with Gasteiger partial charge < -0.3 is 20.1 Å². The Morgan fingerprint density at radius 2 is 1.80 bits per heavy atom. The van der Waals surface area contributed by atoms with Gasteiger partial charge in [-0.1, -0.05) is 48.9 Å². The molecule has 1 saturated heterocycles. The Balaban J connectivity index is 1.73. The molecule has 1 aliphatic heterocycles. The highest BCUT2D eigenvalue weighted by Crippen LogP contribution is 2.44. The van der Waals surface area contributed by atoms with Crippen molar-refractivity contribution in [1.29, 1.82) is 0 Å². The van der Waals surface area contributed by atoms with Gasteiger partial charge >= 0.3 is 11.9 Å². The number of carbonyl (C=O) groups excluding carboxylic acids is 1. The van der Waals surface area contributed by atoms with E-state index in [0.29, 0.717) is 24.9 Å². The Hall–Kier alpha value is -3.03. The third kappa shape index (κ3) is 6.35. The molecular weight excluding hydrogens is 447 g/mol. The summed E-state index contributed by atoms with van der Waals surface area (Å²) in [5.41, 5.74) is 1.57. The van der Waals surface area contributed by atoms with E-state index in [1.54, 1.807) is 12.1 Å². The molecule has 2 aliphatic rings. The molecule has 4 rings (SSSR count). The number of carbonyl (C=O) groups is 2. The van der Waals surface area contributed by atoms with Crippen LogP contribution in [0, 0.1) is 5.82 Å². The monoisotopic (exact) mass is 480 g/mol. The number of hydrogen-bond acceptors (Lipinski definition) is 5. The summed E-state index contributed by atoms with van der Waals surface area (Å²) in [6, 6.07) is 14.6. The Labute approximate surface area is 205 Å². The van der Waals surface area contributed by atoms with Gasteiger partial charge in [0.25, 0.3) is 0 Å². The number of halogens is 1. The van der Waals surface area contributed by atoms with Crippen molar-refractivity contribution in [2.75, 3.05) is 32.7 Å². The minimum Gasteiger partial charge on any atom is -0.478 e. The molecule has 1 unspecified atom stereocenters. The van der Waals surface area contributed by atoms with Crippen molar-refractivity contribution in [3.63, 3.8) is 0 Å². The van der Waals surface area contributed by atoms with E-state index in [4.69, 9.17) is 9.84 Å². The molecule has 186 valence electrons. The molecule has 2 aromatic carbocycles. The van der Waals surface area contributed by atoms with Gasteiger partial charge in [0.05, 0.1) is 0 Å². The lowest BCUT2D eigenvalue weighted by atomic mass is 9.71. The minimum absolute atomic E-state index is 0.130. The van der Waals surface area contributed by atoms with Crippen LogP contribution in [0.4, 0.5) is 4.39 Å². The summed E-state index contributed by atoms with van der Waals surface area (Å²) >= 11 is 0. The van der Waals surface area contributed by atoms with Gasteiger partial charge in [-0.3, -0.25) is 0 Å². The van der Waals surface area contributed by atoms with Gasteiger partial charge in [0, 0.05) is 56.4 Å². The number of ether oxygens (including phenoxy) is 1. The number of rotatable bonds is 8. The second-order valence-electron chi connectivity index (χ2n) is 9.43. The molecule has 6 nitrogen and oxygen atoms in total. The van der Waals surface area contributed by atoms with Crippen molar-refractivity contribution >= 4 is 11.9 Å². The number of benzene rings is 2. The molecule has 0 aromatic heterocycles. The van der Waals surface area contributed by atoms with Crippen molar-refractivity contribution in [2.45, 2.75) is 43.6 Å². The maximum atomic E-state index is 14.6. The Morgan fingerprint density at radius 3 is 2.51 bits per heavy atom. The quantitative estimate of drug-likeness (QED) is 0.432. The van der Waals surface area contributed by atoms with Crippen LogP contribution in [0.25, 0.3) is 11.1 Å². The Morgan fingerprint density at radius 1 is 1.06 bits per heavy atom. The predicted molar refractivity (Wildman–Crippen MR) is 133 cm³/mol. The lowest BCUT2D eigenvalue weighted by Gasteiger charge is -2.45. The van der Waals surface area contributed by atoms with Crippen molar-refractivity contribution in [2.24, 2.45) is 0 Å². The fraction of sp³-hybridized carbons (Fsp3) is 0.429. The van der Waals surface area contributed by atoms with Gasteiger partial charge in [0.2, 0.25) is 0 Å². The molecule has 2 fully saturated rings. The molecule has 1 heterocycles. The first-order valence-corrected chi connectivity index (χ1v) is 12.4. The smallest absolute Gasteiger partial charge is 0.331 e. The van der Waals surface area contributed by atoms with Gasteiger partial charge in [0.1, 0.15) is 11.4 Å². The molecule has 35 heavy (non-hydrogen) atoms. The van der Waals surface area contributed by atoms with Crippen LogP contribution in [0.1, 0.15) is 43.6 Å². The molecule has 7 heteroatoms. The van der Waals surface area contributed by atoms with Crippen LogP contribution in [0.2, 0.25) is 0 Å². The van der Waals surface area contributed by atoms with Gasteiger partial charge in [-0.05, 0) is 42.9 Å². The largest absolute Gasteiger partial charge is 0.478 e. The minimum atomic E-state index is -1.19. The molecular formula is C28H33FN2O4. The van der Waals surface area contributed by atoms with Gasteiger partial charge in [-0.15, -0.1) is 0 Å². The number of carboxylic acids is 1. The van der Waals surface area contributed by atoms with Crippen LogP contribution < -0.4 is 5.32 Å². The predicted octanol–water partition coefficient (Wildman–Crippen LogP) is 4.37. The average molecular weight is 481 g/mol. The summed E-state index contributed by atoms with van der Waals surface area (Å²) in [7, 11) is 0. The summed E-state index contributed by atoms with van der Waals surface area (Å²) in [6.07, 6.45) is 6.17. The van der Waals surface area contributed by atoms with Crippen LogP contribution >= 0.6 is 0 Å². The number of aliphatic carboxylic acids is 1. The molecule has 0 spiro atoms. The van der Waals surface area contributed by atoms with E-state index in [2.05, 4.69) is 10.2 Å². The number of hydrogen-bond donors (Lipinski definition) is 2. The average Bonchev–Trinajstić information content (AvgIpc) is 2.87. The zero-order valence-corrected chi connectivity index (χ0v) is 19.9. The SMILES string of the molecule is O=C(O)C=CC(=O)OC1(C(CN2CCNCC2)c2cccc(-c3ccccc3F)c2)CCCCC1. The normalized spacial score (nSPS) is 19.3. The number of carboxylic acid groups (broad SMARTS) is 1. The topological polar surface area (TPSA) is 78.9 Å². The third-order valence-corrected chi connectivity index (χ3v) is 7.13. The summed E-state index contributed by atoms with van der Waals surface area (Å²) in [5, 5.41) is 12.3. The molecule has 0 radical (unpaired) electrons. The van der Waals surface area contributed by atoms with Crippen LogP contribution in [0.15, 0.2) is 60.7 Å². The van der Waals surface area contributed by atoms with E-state index >= 15 is 0 Å². The van der Waals surface area contributed by atoms with E-state index < -0.39 is 17.5 Å². The van der Waals surface area contributed by atoms with Gasteiger partial charge in [-0.2, -0.15) is 0 Å². The van der Waals surface area contributed by atoms with Gasteiger partial charge in [-0.25, -0.2) is 14.0 Å². The van der Waals surface area contributed by atoms with E-state index in [1.165, 1.54) is 6.07 Å². The highest BCUT2D eigenvalue weighted by molar-refractivity contribution is 5.91. The second kappa shape index (κ2) is 11.6. The number of nitrogens with zero attached hydrogens (tertiary/aromatic N) is 1. The molecule has 2 aromatic rings. The van der Waals surface area contributed by atoms with Crippen LogP contribution in [-0.4, -0.2) is 60.3 Å². The van der Waals surface area contributed by atoms with E-state index in [-0.39, 0.29) is 11.7 Å². The first-order valence-electron chi connectivity index (χ1n) is 12.4. The lowest BCUT2D eigenvalue weighted by Crippen LogP contribution is -2.51. The van der Waals surface area contributed by atoms with Crippen LogP contribution in [0.3, 0.4) is 0 Å². The van der Waals surface area contributed by atoms with E-state index in [9.17, 15) is 14.0 Å². The van der Waals surface area contributed by atoms with Crippen LogP contribution in [0.5, 0.6) is 0 Å². The molecule has 0 amide bonds. The first-order chi connectivity index (χ1) is 17.0. The summed E-state index contributed by atoms with van der Waals surface area (Å²) in [4.78, 5) is 26.1. The molecule has 0 bridgehead atoms. The van der Waals surface area contributed by atoms with E-state index in [1.807, 2.05) is 30.3 Å². The third-order valence-electron chi connectivity index (χ3n) is 7.13. The summed E-state index contributed by atoms with van der Waals surface area (Å²) in [5.74, 6) is -2.23. The zero-order chi connectivity index (χ0) is 24.7. The molecule has 2 N–H and O–H groups in total. The second-order valence-corrected chi connectivity index (χ2v) is 9.43. The number of piperazine rings is 1. The van der Waals surface area contributed by atoms with Crippen molar-refractivity contribution in [1.82, 2.24) is 10.2 Å². The maximum absolute atomic E-state index is 14.6. The summed E-state index contributed by atoms with van der Waals surface area (Å²) < 4.78 is 20.7. The number of nitrogens with one attached hydrogen (secondary N) is 1. The van der Waals surface area contributed by atoms with Gasteiger partial charge in [0.15, 0.2) is 0 Å². The fourth-order valence-electron chi connectivity index (χ4n) is 5.39. The first kappa shape index (κ1) is 25.1. The fourth-order valence-corrected chi connectivity index (χ4v) is 5.39. The summed E-state index contributed by atoms with van der Waals surface area (Å²) in [6.45, 7) is 4.30. The maximum Gasteiger partial charge on any atom is 0.331 e. The Kier molecular flexibility index (Phi) is 8.31. The molecule has 1 aliphatic carbocycles. The van der Waals surface area contributed by atoms with Crippen LogP contribution in [-0.2, 0) is 14.3 Å². The van der Waals surface area contributed by atoms with E-state index in [0.717, 1.165) is 68.7 Å². The highest BCUT2D eigenvalue weighted by Gasteiger charge is 2.44. The van der Waals surface area contributed by atoms with Crippen molar-refractivity contribution in [3.8, 4) is 11.1 Å². The van der Waals surface area contributed by atoms with Crippen molar-refractivity contribution < 1.29 is 23.8 Å². The lowest BCUT2D eigenvalue weighted by molar-refractivity contribution is -0.161. The molecule has 1 saturated carbocycles. The Bertz CT molecular complexity index is 1060. The number of esters is 1. The molecule has 1 atom stereocenters.